The normalized spacial score (nSPS) is 13.3. The van der Waals surface area contributed by atoms with E-state index in [2.05, 4.69) is 15.5 Å². The van der Waals surface area contributed by atoms with Gasteiger partial charge in [0, 0.05) is 55.2 Å². The van der Waals surface area contributed by atoms with Gasteiger partial charge in [-0.15, -0.1) is 11.3 Å². The SMILES string of the molecule is O=C(NC(=S)Nc1ccc(N2CCN(C(=O)c3cccs3)CC2)cc1)c1cccc([N+](=O)[O-])c1. The molecule has 34 heavy (non-hydrogen) atoms. The monoisotopic (exact) mass is 495 g/mol. The molecule has 0 radical (unpaired) electrons. The van der Waals surface area contributed by atoms with Gasteiger partial charge in [0.2, 0.25) is 0 Å². The van der Waals surface area contributed by atoms with Crippen LogP contribution in [0.4, 0.5) is 17.1 Å². The number of hydrogen-bond acceptors (Lipinski definition) is 7. The Morgan fingerprint density at radius 2 is 1.74 bits per heavy atom. The molecule has 1 aliphatic heterocycles. The van der Waals surface area contributed by atoms with E-state index in [9.17, 15) is 19.7 Å². The number of benzene rings is 2. The number of nitrogens with zero attached hydrogens (tertiary/aromatic N) is 3. The summed E-state index contributed by atoms with van der Waals surface area (Å²) in [6.07, 6.45) is 0. The summed E-state index contributed by atoms with van der Waals surface area (Å²) in [7, 11) is 0. The van der Waals surface area contributed by atoms with Gasteiger partial charge in [0.1, 0.15) is 0 Å². The summed E-state index contributed by atoms with van der Waals surface area (Å²) >= 11 is 6.66. The summed E-state index contributed by atoms with van der Waals surface area (Å²) in [5.74, 6) is -0.456. The van der Waals surface area contributed by atoms with Gasteiger partial charge in [-0.1, -0.05) is 12.1 Å². The summed E-state index contributed by atoms with van der Waals surface area (Å²) < 4.78 is 0. The second-order valence-corrected chi connectivity index (χ2v) is 8.88. The highest BCUT2D eigenvalue weighted by Gasteiger charge is 2.23. The van der Waals surface area contributed by atoms with Crippen LogP contribution in [0.25, 0.3) is 0 Å². The molecule has 0 atom stereocenters. The molecule has 3 aromatic rings. The zero-order valence-corrected chi connectivity index (χ0v) is 19.6. The quantitative estimate of drug-likeness (QED) is 0.315. The highest BCUT2D eigenvalue weighted by Crippen LogP contribution is 2.21. The Hall–Kier alpha value is -3.83. The molecule has 1 aromatic heterocycles. The maximum absolute atomic E-state index is 12.5. The van der Waals surface area contributed by atoms with Crippen molar-refractivity contribution in [2.75, 3.05) is 36.4 Å². The Bertz CT molecular complexity index is 1210. The van der Waals surface area contributed by atoms with Crippen molar-refractivity contribution < 1.29 is 14.5 Å². The van der Waals surface area contributed by atoms with Crippen LogP contribution < -0.4 is 15.5 Å². The Morgan fingerprint density at radius 1 is 1.00 bits per heavy atom. The van der Waals surface area contributed by atoms with Crippen molar-refractivity contribution in [3.05, 3.63) is 86.6 Å². The molecular formula is C23H21N5O4S2. The highest BCUT2D eigenvalue weighted by atomic mass is 32.1. The summed E-state index contributed by atoms with van der Waals surface area (Å²) in [5.41, 5.74) is 1.70. The number of thiophene rings is 1. The average molecular weight is 496 g/mol. The molecule has 0 spiro atoms. The predicted molar refractivity (Wildman–Crippen MR) is 136 cm³/mol. The number of nitro benzene ring substituents is 1. The molecule has 2 amide bonds. The largest absolute Gasteiger partial charge is 0.368 e. The van der Waals surface area contributed by atoms with Gasteiger partial charge < -0.3 is 15.1 Å². The molecule has 1 fully saturated rings. The number of nitro groups is 1. The molecule has 0 bridgehead atoms. The first kappa shape index (κ1) is 23.3. The van der Waals surface area contributed by atoms with E-state index in [1.54, 1.807) is 0 Å². The van der Waals surface area contributed by atoms with Crippen molar-refractivity contribution in [1.29, 1.82) is 0 Å². The summed E-state index contributed by atoms with van der Waals surface area (Å²) in [6, 6.07) is 16.8. The number of piperazine rings is 1. The molecule has 0 aliphatic carbocycles. The van der Waals surface area contributed by atoms with Gasteiger partial charge in [-0.05, 0) is 54.0 Å². The molecule has 1 aliphatic rings. The molecule has 0 unspecified atom stereocenters. The minimum Gasteiger partial charge on any atom is -0.368 e. The number of anilines is 2. The second kappa shape index (κ2) is 10.4. The average Bonchev–Trinajstić information content (AvgIpc) is 3.39. The Balaban J connectivity index is 1.29. The lowest BCUT2D eigenvalue weighted by atomic mass is 10.2. The number of amides is 2. The van der Waals surface area contributed by atoms with Crippen LogP contribution >= 0.6 is 23.6 Å². The van der Waals surface area contributed by atoms with Crippen molar-refractivity contribution in [3.8, 4) is 0 Å². The van der Waals surface area contributed by atoms with Crippen LogP contribution in [-0.4, -0.2) is 52.9 Å². The molecule has 0 saturated carbocycles. The van der Waals surface area contributed by atoms with E-state index in [1.807, 2.05) is 46.7 Å². The highest BCUT2D eigenvalue weighted by molar-refractivity contribution is 7.80. The zero-order valence-electron chi connectivity index (χ0n) is 18.0. The molecule has 1 saturated heterocycles. The third-order valence-electron chi connectivity index (χ3n) is 5.34. The number of rotatable bonds is 5. The minimum absolute atomic E-state index is 0.0786. The van der Waals surface area contributed by atoms with Gasteiger partial charge in [-0.3, -0.25) is 25.0 Å². The number of carbonyl (C=O) groups excluding carboxylic acids is 2. The third kappa shape index (κ3) is 5.56. The van der Waals surface area contributed by atoms with E-state index in [4.69, 9.17) is 12.2 Å². The van der Waals surface area contributed by atoms with Crippen LogP contribution in [0.15, 0.2) is 66.0 Å². The fourth-order valence-electron chi connectivity index (χ4n) is 3.58. The molecule has 2 N–H and O–H groups in total. The predicted octanol–water partition coefficient (Wildman–Crippen LogP) is 3.75. The van der Waals surface area contributed by atoms with Crippen LogP contribution in [0.3, 0.4) is 0 Å². The molecule has 174 valence electrons. The second-order valence-electron chi connectivity index (χ2n) is 7.52. The van der Waals surface area contributed by atoms with Gasteiger partial charge in [-0.25, -0.2) is 0 Å². The van der Waals surface area contributed by atoms with Crippen molar-refractivity contribution in [1.82, 2.24) is 10.2 Å². The van der Waals surface area contributed by atoms with Crippen LogP contribution in [0.1, 0.15) is 20.0 Å². The first-order valence-corrected chi connectivity index (χ1v) is 11.7. The molecule has 2 heterocycles. The van der Waals surface area contributed by atoms with E-state index < -0.39 is 10.8 Å². The van der Waals surface area contributed by atoms with Gasteiger partial charge in [0.05, 0.1) is 9.80 Å². The number of non-ortho nitro benzene ring substituents is 1. The topological polar surface area (TPSA) is 108 Å². The number of carbonyl (C=O) groups is 2. The Kier molecular flexibility index (Phi) is 7.14. The standard InChI is InChI=1S/C23H21N5O4S2/c29-21(16-3-1-4-19(15-16)28(31)32)25-23(33)24-17-6-8-18(9-7-17)26-10-12-27(13-11-26)22(30)20-5-2-14-34-20/h1-9,14-15H,10-13H2,(H2,24,25,29,33). The minimum atomic E-state index is -0.559. The molecule has 4 rings (SSSR count). The van der Waals surface area contributed by atoms with Crippen molar-refractivity contribution >= 4 is 57.5 Å². The molecule has 11 heteroatoms. The lowest BCUT2D eigenvalue weighted by molar-refractivity contribution is -0.384. The maximum Gasteiger partial charge on any atom is 0.270 e. The maximum atomic E-state index is 12.5. The van der Waals surface area contributed by atoms with Crippen molar-refractivity contribution in [3.63, 3.8) is 0 Å². The number of nitrogens with one attached hydrogen (secondary N) is 2. The fraction of sp³-hybridized carbons (Fsp3) is 0.174. The molecule has 9 nitrogen and oxygen atoms in total. The smallest absolute Gasteiger partial charge is 0.270 e. The van der Waals surface area contributed by atoms with Crippen LogP contribution in [0.5, 0.6) is 0 Å². The van der Waals surface area contributed by atoms with Crippen LogP contribution in [-0.2, 0) is 0 Å². The fourth-order valence-corrected chi connectivity index (χ4v) is 4.48. The van der Waals surface area contributed by atoms with E-state index in [0.717, 1.165) is 23.7 Å². The lowest BCUT2D eigenvalue weighted by Gasteiger charge is -2.36. The van der Waals surface area contributed by atoms with Crippen molar-refractivity contribution in [2.45, 2.75) is 0 Å². The first-order chi connectivity index (χ1) is 16.4. The first-order valence-electron chi connectivity index (χ1n) is 10.5. The van der Waals surface area contributed by atoms with Gasteiger partial charge in [0.15, 0.2) is 5.11 Å². The van der Waals surface area contributed by atoms with Crippen LogP contribution in [0, 0.1) is 10.1 Å². The molecular weight excluding hydrogens is 474 g/mol. The van der Waals surface area contributed by atoms with Crippen molar-refractivity contribution in [2.24, 2.45) is 0 Å². The van der Waals surface area contributed by atoms with Gasteiger partial charge >= 0.3 is 0 Å². The van der Waals surface area contributed by atoms with E-state index in [-0.39, 0.29) is 22.3 Å². The number of thiocarbonyl (C=S) groups is 1. The summed E-state index contributed by atoms with van der Waals surface area (Å²) in [4.78, 5) is 40.0. The van der Waals surface area contributed by atoms with Gasteiger partial charge in [-0.2, -0.15) is 0 Å². The Labute approximate surface area is 205 Å². The summed E-state index contributed by atoms with van der Waals surface area (Å²) in [5, 5.41) is 18.4. The van der Waals surface area contributed by atoms with Crippen LogP contribution in [0.2, 0.25) is 0 Å². The molecule has 2 aromatic carbocycles. The van der Waals surface area contributed by atoms with E-state index >= 15 is 0 Å². The Morgan fingerprint density at radius 3 is 2.38 bits per heavy atom. The third-order valence-corrected chi connectivity index (χ3v) is 6.40. The van der Waals surface area contributed by atoms with E-state index in [0.29, 0.717) is 18.8 Å². The van der Waals surface area contributed by atoms with Gasteiger partial charge in [0.25, 0.3) is 17.5 Å². The summed E-state index contributed by atoms with van der Waals surface area (Å²) in [6.45, 7) is 2.79. The number of hydrogen-bond donors (Lipinski definition) is 2. The lowest BCUT2D eigenvalue weighted by Crippen LogP contribution is -2.48. The van der Waals surface area contributed by atoms with E-state index in [1.165, 1.54) is 35.6 Å². The zero-order chi connectivity index (χ0) is 24.1.